The molecule has 1 aromatic heterocycles. The molecule has 7 nitrogen and oxygen atoms in total. The lowest BCUT2D eigenvalue weighted by atomic mass is 10.0. The fraction of sp³-hybridized carbons (Fsp3) is 0.348. The molecule has 1 aliphatic rings. The standard InChI is InChI=1S/C23H27N3O4S/c1-24-31(28,29)16-18-9-10-22-21(12-18)19(14-25-22)13-20-8-5-11-26(20)23(27)30-15-17-6-3-2-4-7-17/h2-4,6-7,9-10,12,14,20,24-25H,5,8,11,13,15-16H2,1H3. The molecule has 0 radical (unpaired) electrons. The van der Waals surface area contributed by atoms with Gasteiger partial charge in [-0.25, -0.2) is 17.9 Å². The molecule has 3 aromatic rings. The van der Waals surface area contributed by atoms with E-state index in [0.29, 0.717) is 13.0 Å². The van der Waals surface area contributed by atoms with Crippen molar-refractivity contribution in [2.75, 3.05) is 13.6 Å². The quantitative estimate of drug-likeness (QED) is 0.586. The Morgan fingerprint density at radius 1 is 1.19 bits per heavy atom. The Hall–Kier alpha value is -2.84. The van der Waals surface area contributed by atoms with Crippen molar-refractivity contribution in [3.63, 3.8) is 0 Å². The largest absolute Gasteiger partial charge is 0.445 e. The molecule has 2 N–H and O–H groups in total. The Kier molecular flexibility index (Phi) is 6.29. The fourth-order valence-corrected chi connectivity index (χ4v) is 4.88. The molecule has 1 fully saturated rings. The molecule has 1 aliphatic heterocycles. The van der Waals surface area contributed by atoms with Gasteiger partial charge >= 0.3 is 6.09 Å². The number of amides is 1. The van der Waals surface area contributed by atoms with Gasteiger partial charge in [0.15, 0.2) is 0 Å². The summed E-state index contributed by atoms with van der Waals surface area (Å²) >= 11 is 0. The molecule has 164 valence electrons. The third-order valence-corrected chi connectivity index (χ3v) is 7.11. The maximum atomic E-state index is 12.7. The van der Waals surface area contributed by atoms with Crippen LogP contribution >= 0.6 is 0 Å². The van der Waals surface area contributed by atoms with Gasteiger partial charge in [0.25, 0.3) is 0 Å². The summed E-state index contributed by atoms with van der Waals surface area (Å²) in [5.41, 5.74) is 3.73. The smallest absolute Gasteiger partial charge is 0.410 e. The van der Waals surface area contributed by atoms with Gasteiger partial charge in [-0.2, -0.15) is 0 Å². The number of benzene rings is 2. The molecule has 1 amide bonds. The number of sulfonamides is 1. The zero-order valence-electron chi connectivity index (χ0n) is 17.5. The van der Waals surface area contributed by atoms with E-state index in [0.717, 1.165) is 40.4 Å². The van der Waals surface area contributed by atoms with Crippen molar-refractivity contribution in [2.24, 2.45) is 0 Å². The Bertz CT molecular complexity index is 1160. The molecule has 0 bridgehead atoms. The van der Waals surface area contributed by atoms with E-state index in [2.05, 4.69) is 9.71 Å². The molecular weight excluding hydrogens is 414 g/mol. The van der Waals surface area contributed by atoms with Crippen LogP contribution in [0.2, 0.25) is 0 Å². The second-order valence-corrected chi connectivity index (χ2v) is 9.82. The first-order chi connectivity index (χ1) is 14.9. The number of H-pyrrole nitrogens is 1. The highest BCUT2D eigenvalue weighted by molar-refractivity contribution is 7.88. The number of aromatic nitrogens is 1. The number of fused-ring (bicyclic) bond motifs is 1. The number of carbonyl (C=O) groups is 1. The Labute approximate surface area is 182 Å². The van der Waals surface area contributed by atoms with Crippen molar-refractivity contribution >= 4 is 27.0 Å². The number of hydrogen-bond acceptors (Lipinski definition) is 4. The zero-order valence-corrected chi connectivity index (χ0v) is 18.3. The molecule has 0 saturated carbocycles. The van der Waals surface area contributed by atoms with Crippen LogP contribution in [0.1, 0.15) is 29.5 Å². The summed E-state index contributed by atoms with van der Waals surface area (Å²) in [7, 11) is -1.92. The number of ether oxygens (including phenoxy) is 1. The van der Waals surface area contributed by atoms with E-state index in [9.17, 15) is 13.2 Å². The number of nitrogens with one attached hydrogen (secondary N) is 2. The topological polar surface area (TPSA) is 91.5 Å². The predicted octanol–water partition coefficient (Wildman–Crippen LogP) is 3.56. The second kappa shape index (κ2) is 9.11. The number of rotatable bonds is 7. The van der Waals surface area contributed by atoms with Gasteiger partial charge in [-0.05, 0) is 55.1 Å². The molecule has 2 heterocycles. The van der Waals surface area contributed by atoms with Crippen LogP contribution in [0, 0.1) is 0 Å². The van der Waals surface area contributed by atoms with Gasteiger partial charge in [0, 0.05) is 29.7 Å². The van der Waals surface area contributed by atoms with Crippen molar-refractivity contribution in [3.8, 4) is 0 Å². The van der Waals surface area contributed by atoms with Crippen LogP contribution in [-0.2, 0) is 33.5 Å². The summed E-state index contributed by atoms with van der Waals surface area (Å²) in [6.07, 6.45) is 4.22. The summed E-state index contributed by atoms with van der Waals surface area (Å²) in [6.45, 7) is 0.950. The lowest BCUT2D eigenvalue weighted by Gasteiger charge is -2.24. The summed E-state index contributed by atoms with van der Waals surface area (Å²) in [6, 6.07) is 15.4. The van der Waals surface area contributed by atoms with Gasteiger partial charge in [-0.1, -0.05) is 36.4 Å². The zero-order chi connectivity index (χ0) is 21.8. The lowest BCUT2D eigenvalue weighted by Crippen LogP contribution is -2.37. The van der Waals surface area contributed by atoms with Crippen molar-refractivity contribution in [3.05, 3.63) is 71.4 Å². The third kappa shape index (κ3) is 5.08. The van der Waals surface area contributed by atoms with Crippen LogP contribution < -0.4 is 4.72 Å². The molecule has 4 rings (SSSR count). The minimum absolute atomic E-state index is 0.0620. The van der Waals surface area contributed by atoms with Crippen LogP contribution in [0.4, 0.5) is 4.79 Å². The molecule has 1 unspecified atom stereocenters. The van der Waals surface area contributed by atoms with Gasteiger partial charge < -0.3 is 14.6 Å². The second-order valence-electron chi connectivity index (χ2n) is 7.89. The van der Waals surface area contributed by atoms with E-state index in [1.807, 2.05) is 59.6 Å². The Morgan fingerprint density at radius 2 is 2.00 bits per heavy atom. The first-order valence-electron chi connectivity index (χ1n) is 10.4. The average molecular weight is 442 g/mol. The normalized spacial score (nSPS) is 16.7. The lowest BCUT2D eigenvalue weighted by molar-refractivity contribution is 0.0921. The maximum absolute atomic E-state index is 12.7. The molecule has 2 aromatic carbocycles. The Morgan fingerprint density at radius 3 is 2.77 bits per heavy atom. The highest BCUT2D eigenvalue weighted by atomic mass is 32.2. The fourth-order valence-electron chi connectivity index (χ4n) is 4.12. The average Bonchev–Trinajstić information content (AvgIpc) is 3.40. The molecule has 8 heteroatoms. The molecule has 1 atom stereocenters. The van der Waals surface area contributed by atoms with Crippen LogP contribution in [-0.4, -0.2) is 44.0 Å². The van der Waals surface area contributed by atoms with E-state index in [1.54, 1.807) is 0 Å². The van der Waals surface area contributed by atoms with Crippen molar-refractivity contribution < 1.29 is 17.9 Å². The van der Waals surface area contributed by atoms with Crippen LogP contribution in [0.25, 0.3) is 10.9 Å². The van der Waals surface area contributed by atoms with Crippen LogP contribution in [0.3, 0.4) is 0 Å². The minimum Gasteiger partial charge on any atom is -0.445 e. The molecule has 31 heavy (non-hydrogen) atoms. The maximum Gasteiger partial charge on any atom is 0.410 e. The van der Waals surface area contributed by atoms with Crippen molar-refractivity contribution in [1.29, 1.82) is 0 Å². The van der Waals surface area contributed by atoms with Crippen molar-refractivity contribution in [2.45, 2.75) is 37.7 Å². The summed E-state index contributed by atoms with van der Waals surface area (Å²) in [5.74, 6) is -0.0641. The number of hydrogen-bond donors (Lipinski definition) is 2. The van der Waals surface area contributed by atoms with Crippen LogP contribution in [0.5, 0.6) is 0 Å². The number of aromatic amines is 1. The van der Waals surface area contributed by atoms with Gasteiger partial charge in [0.2, 0.25) is 10.0 Å². The summed E-state index contributed by atoms with van der Waals surface area (Å²) < 4.78 is 31.7. The molecular formula is C23H27N3O4S. The number of carbonyl (C=O) groups excluding carboxylic acids is 1. The monoisotopic (exact) mass is 441 g/mol. The van der Waals surface area contributed by atoms with E-state index in [4.69, 9.17) is 4.74 Å². The van der Waals surface area contributed by atoms with E-state index < -0.39 is 10.0 Å². The van der Waals surface area contributed by atoms with E-state index in [-0.39, 0.29) is 24.5 Å². The summed E-state index contributed by atoms with van der Waals surface area (Å²) in [4.78, 5) is 17.8. The highest BCUT2D eigenvalue weighted by Gasteiger charge is 2.30. The molecule has 0 spiro atoms. The Balaban J connectivity index is 1.46. The van der Waals surface area contributed by atoms with Gasteiger partial charge in [-0.15, -0.1) is 0 Å². The number of nitrogens with zero attached hydrogens (tertiary/aromatic N) is 1. The minimum atomic E-state index is -3.34. The van der Waals surface area contributed by atoms with E-state index >= 15 is 0 Å². The van der Waals surface area contributed by atoms with Gasteiger partial charge in [-0.3, -0.25) is 0 Å². The van der Waals surface area contributed by atoms with Gasteiger partial charge in [0.1, 0.15) is 6.61 Å². The first kappa shape index (κ1) is 21.4. The molecule has 0 aliphatic carbocycles. The number of likely N-dealkylation sites (tertiary alicyclic amines) is 1. The SMILES string of the molecule is CNS(=O)(=O)Cc1ccc2[nH]cc(CC3CCCN3C(=O)OCc3ccccc3)c2c1. The van der Waals surface area contributed by atoms with Crippen LogP contribution in [0.15, 0.2) is 54.7 Å². The van der Waals surface area contributed by atoms with Gasteiger partial charge in [0.05, 0.1) is 5.75 Å². The summed E-state index contributed by atoms with van der Waals surface area (Å²) in [5, 5.41) is 0.994. The third-order valence-electron chi connectivity index (χ3n) is 5.77. The predicted molar refractivity (Wildman–Crippen MR) is 120 cm³/mol. The highest BCUT2D eigenvalue weighted by Crippen LogP contribution is 2.27. The molecule has 1 saturated heterocycles. The van der Waals surface area contributed by atoms with Crippen molar-refractivity contribution in [1.82, 2.24) is 14.6 Å². The van der Waals surface area contributed by atoms with E-state index in [1.165, 1.54) is 7.05 Å². The first-order valence-corrected chi connectivity index (χ1v) is 12.1.